The number of carbonyl (C=O) groups is 1. The number of amides is 1. The van der Waals surface area contributed by atoms with Gasteiger partial charge in [0.25, 0.3) is 0 Å². The summed E-state index contributed by atoms with van der Waals surface area (Å²) in [6, 6.07) is 0.616. The van der Waals surface area contributed by atoms with Crippen LogP contribution in [0.5, 0.6) is 0 Å². The number of nitrogens with one attached hydrogen (secondary N) is 2. The van der Waals surface area contributed by atoms with E-state index in [1.165, 1.54) is 6.42 Å². The normalized spacial score (nSPS) is 28.1. The molecule has 2 heterocycles. The van der Waals surface area contributed by atoms with Crippen LogP contribution in [-0.2, 0) is 4.79 Å². The molecule has 0 aromatic heterocycles. The van der Waals surface area contributed by atoms with E-state index in [0.29, 0.717) is 6.04 Å². The lowest BCUT2D eigenvalue weighted by atomic mass is 10.1. The van der Waals surface area contributed by atoms with Gasteiger partial charge in [0.05, 0.1) is 6.04 Å². The van der Waals surface area contributed by atoms with E-state index in [2.05, 4.69) is 29.4 Å². The summed E-state index contributed by atoms with van der Waals surface area (Å²) in [5.74, 6) is 0.269. The van der Waals surface area contributed by atoms with Gasteiger partial charge in [0, 0.05) is 51.9 Å². The molecule has 2 fully saturated rings. The van der Waals surface area contributed by atoms with Crippen molar-refractivity contribution >= 4 is 5.91 Å². The lowest BCUT2D eigenvalue weighted by Gasteiger charge is -2.39. The van der Waals surface area contributed by atoms with Gasteiger partial charge in [0.2, 0.25) is 5.91 Å². The molecule has 1 amide bonds. The number of rotatable bonds is 3. The SMILES string of the molecule is CCC(C)N1CCN(C(=O)C2CNCCN2)CC1. The van der Waals surface area contributed by atoms with Crippen molar-refractivity contribution in [2.45, 2.75) is 32.4 Å². The van der Waals surface area contributed by atoms with Crippen molar-refractivity contribution in [3.8, 4) is 0 Å². The summed E-state index contributed by atoms with van der Waals surface area (Å²) in [4.78, 5) is 16.8. The van der Waals surface area contributed by atoms with E-state index in [9.17, 15) is 4.79 Å². The summed E-state index contributed by atoms with van der Waals surface area (Å²) in [6.07, 6.45) is 1.18. The minimum atomic E-state index is -0.0195. The van der Waals surface area contributed by atoms with Crippen LogP contribution in [0.15, 0.2) is 0 Å². The Kier molecular flexibility index (Phi) is 4.97. The maximum Gasteiger partial charge on any atom is 0.241 e. The van der Waals surface area contributed by atoms with Crippen LogP contribution in [0.25, 0.3) is 0 Å². The average Bonchev–Trinajstić information content (AvgIpc) is 2.47. The molecular formula is C13H26N4O. The first-order valence-corrected chi connectivity index (χ1v) is 7.19. The van der Waals surface area contributed by atoms with E-state index in [1.807, 2.05) is 4.90 Å². The molecule has 0 bridgehead atoms. The number of hydrogen-bond donors (Lipinski definition) is 2. The molecular weight excluding hydrogens is 228 g/mol. The van der Waals surface area contributed by atoms with Gasteiger partial charge in [0.1, 0.15) is 0 Å². The molecule has 2 rings (SSSR count). The van der Waals surface area contributed by atoms with Crippen molar-refractivity contribution < 1.29 is 4.79 Å². The lowest BCUT2D eigenvalue weighted by Crippen LogP contribution is -2.60. The first kappa shape index (κ1) is 13.8. The second-order valence-corrected chi connectivity index (χ2v) is 5.33. The predicted molar refractivity (Wildman–Crippen MR) is 72.6 cm³/mol. The van der Waals surface area contributed by atoms with E-state index in [-0.39, 0.29) is 11.9 Å². The second kappa shape index (κ2) is 6.50. The predicted octanol–water partition coefficient (Wildman–Crippen LogP) is -0.509. The van der Waals surface area contributed by atoms with Crippen molar-refractivity contribution in [3.63, 3.8) is 0 Å². The fourth-order valence-corrected chi connectivity index (χ4v) is 2.69. The average molecular weight is 254 g/mol. The summed E-state index contributed by atoms with van der Waals surface area (Å²) in [5.41, 5.74) is 0. The fourth-order valence-electron chi connectivity index (χ4n) is 2.69. The fraction of sp³-hybridized carbons (Fsp3) is 0.923. The Morgan fingerprint density at radius 3 is 2.56 bits per heavy atom. The molecule has 0 spiro atoms. The van der Waals surface area contributed by atoms with Gasteiger partial charge in [-0.05, 0) is 13.3 Å². The molecule has 2 aliphatic heterocycles. The van der Waals surface area contributed by atoms with Crippen molar-refractivity contribution in [3.05, 3.63) is 0 Å². The van der Waals surface area contributed by atoms with Crippen molar-refractivity contribution in [2.75, 3.05) is 45.8 Å². The molecule has 2 aliphatic rings. The third-order valence-corrected chi connectivity index (χ3v) is 4.18. The van der Waals surface area contributed by atoms with Crippen LogP contribution in [0.4, 0.5) is 0 Å². The zero-order valence-corrected chi connectivity index (χ0v) is 11.6. The van der Waals surface area contributed by atoms with Crippen LogP contribution in [0, 0.1) is 0 Å². The van der Waals surface area contributed by atoms with Crippen LogP contribution in [0.3, 0.4) is 0 Å². The zero-order valence-electron chi connectivity index (χ0n) is 11.6. The Morgan fingerprint density at radius 1 is 1.28 bits per heavy atom. The number of piperazine rings is 2. The van der Waals surface area contributed by atoms with Crippen LogP contribution in [0.2, 0.25) is 0 Å². The van der Waals surface area contributed by atoms with Gasteiger partial charge in [-0.2, -0.15) is 0 Å². The monoisotopic (exact) mass is 254 g/mol. The second-order valence-electron chi connectivity index (χ2n) is 5.33. The molecule has 0 radical (unpaired) electrons. The Bertz CT molecular complexity index is 270. The Balaban J connectivity index is 1.79. The van der Waals surface area contributed by atoms with Crippen molar-refractivity contribution in [1.29, 1.82) is 0 Å². The highest BCUT2D eigenvalue weighted by atomic mass is 16.2. The van der Waals surface area contributed by atoms with Crippen LogP contribution in [0.1, 0.15) is 20.3 Å². The molecule has 5 heteroatoms. The molecule has 0 aromatic carbocycles. The van der Waals surface area contributed by atoms with Crippen molar-refractivity contribution in [1.82, 2.24) is 20.4 Å². The minimum Gasteiger partial charge on any atom is -0.339 e. The van der Waals surface area contributed by atoms with E-state index < -0.39 is 0 Å². The summed E-state index contributed by atoms with van der Waals surface area (Å²) in [6.45, 7) is 10.9. The van der Waals surface area contributed by atoms with Gasteiger partial charge in [-0.25, -0.2) is 0 Å². The molecule has 104 valence electrons. The first-order valence-electron chi connectivity index (χ1n) is 7.19. The molecule has 0 aliphatic carbocycles. The molecule has 0 saturated carbocycles. The van der Waals surface area contributed by atoms with E-state index in [1.54, 1.807) is 0 Å². The van der Waals surface area contributed by atoms with E-state index in [4.69, 9.17) is 0 Å². The number of hydrogen-bond acceptors (Lipinski definition) is 4. The third-order valence-electron chi connectivity index (χ3n) is 4.18. The third kappa shape index (κ3) is 3.22. The summed E-state index contributed by atoms with van der Waals surface area (Å²) < 4.78 is 0. The molecule has 0 aromatic rings. The first-order chi connectivity index (χ1) is 8.72. The van der Waals surface area contributed by atoms with E-state index >= 15 is 0 Å². The van der Waals surface area contributed by atoms with Gasteiger partial charge in [-0.15, -0.1) is 0 Å². The molecule has 2 saturated heterocycles. The highest BCUT2D eigenvalue weighted by molar-refractivity contribution is 5.82. The highest BCUT2D eigenvalue weighted by Crippen LogP contribution is 2.10. The quantitative estimate of drug-likeness (QED) is 0.712. The largest absolute Gasteiger partial charge is 0.339 e. The Labute approximate surface area is 110 Å². The van der Waals surface area contributed by atoms with Gasteiger partial charge in [-0.1, -0.05) is 6.92 Å². The van der Waals surface area contributed by atoms with Crippen LogP contribution < -0.4 is 10.6 Å². The summed E-state index contributed by atoms with van der Waals surface area (Å²) in [7, 11) is 0. The minimum absolute atomic E-state index is 0.0195. The Morgan fingerprint density at radius 2 is 2.00 bits per heavy atom. The molecule has 18 heavy (non-hydrogen) atoms. The topological polar surface area (TPSA) is 47.6 Å². The Hall–Kier alpha value is -0.650. The number of carbonyl (C=O) groups excluding carboxylic acids is 1. The maximum atomic E-state index is 12.3. The molecule has 2 atom stereocenters. The smallest absolute Gasteiger partial charge is 0.241 e. The van der Waals surface area contributed by atoms with E-state index in [0.717, 1.165) is 45.8 Å². The molecule has 2 N–H and O–H groups in total. The van der Waals surface area contributed by atoms with Gasteiger partial charge < -0.3 is 15.5 Å². The molecule has 5 nitrogen and oxygen atoms in total. The van der Waals surface area contributed by atoms with Crippen LogP contribution in [-0.4, -0.2) is 73.6 Å². The van der Waals surface area contributed by atoms with Gasteiger partial charge >= 0.3 is 0 Å². The summed E-state index contributed by atoms with van der Waals surface area (Å²) >= 11 is 0. The van der Waals surface area contributed by atoms with Gasteiger partial charge in [-0.3, -0.25) is 9.69 Å². The summed E-state index contributed by atoms with van der Waals surface area (Å²) in [5, 5.41) is 6.56. The lowest BCUT2D eigenvalue weighted by molar-refractivity contribution is -0.135. The highest BCUT2D eigenvalue weighted by Gasteiger charge is 2.28. The van der Waals surface area contributed by atoms with Crippen LogP contribution >= 0.6 is 0 Å². The maximum absolute atomic E-state index is 12.3. The van der Waals surface area contributed by atoms with Gasteiger partial charge in [0.15, 0.2) is 0 Å². The number of nitrogens with zero attached hydrogens (tertiary/aromatic N) is 2. The molecule has 2 unspecified atom stereocenters. The standard InChI is InChI=1S/C13H26N4O/c1-3-11(2)16-6-8-17(9-7-16)13(18)12-10-14-4-5-15-12/h11-12,14-15H,3-10H2,1-2H3. The van der Waals surface area contributed by atoms with Crippen molar-refractivity contribution in [2.24, 2.45) is 0 Å². The zero-order chi connectivity index (χ0) is 13.0.